The molecule has 9 nitrogen and oxygen atoms in total. The Balaban J connectivity index is 2.08. The van der Waals surface area contributed by atoms with E-state index in [1.54, 1.807) is 18.4 Å². The number of nitrogens with zero attached hydrogens (tertiary/aromatic N) is 2. The fourth-order valence-corrected chi connectivity index (χ4v) is 6.44. The number of carbonyl (C=O) groups excluding carboxylic acids is 4. The first-order valence-electron chi connectivity index (χ1n) is 13.8. The van der Waals surface area contributed by atoms with Gasteiger partial charge in [0.25, 0.3) is 0 Å². The van der Waals surface area contributed by atoms with E-state index in [2.05, 4.69) is 33.7 Å². The Kier molecular flexibility index (Phi) is 15.1. The number of aliphatic imine (C=N–C) groups is 2. The van der Waals surface area contributed by atoms with E-state index in [0.717, 1.165) is 24.8 Å². The minimum atomic E-state index is -1.09. The third kappa shape index (κ3) is 11.4. The summed E-state index contributed by atoms with van der Waals surface area (Å²) in [4.78, 5) is 59.7. The van der Waals surface area contributed by atoms with Gasteiger partial charge in [-0.15, -0.1) is 11.8 Å². The highest BCUT2D eigenvalue weighted by Gasteiger charge is 2.41. The molecular formula is C28H42N4O5S3. The van der Waals surface area contributed by atoms with Gasteiger partial charge in [0, 0.05) is 23.3 Å². The van der Waals surface area contributed by atoms with E-state index in [0.29, 0.717) is 35.1 Å². The molecule has 222 valence electrons. The van der Waals surface area contributed by atoms with Crippen LogP contribution in [0.25, 0.3) is 0 Å². The van der Waals surface area contributed by atoms with Crippen LogP contribution in [-0.2, 0) is 23.9 Å². The number of hydrogen-bond acceptors (Lipinski definition) is 10. The molecule has 0 aromatic carbocycles. The summed E-state index contributed by atoms with van der Waals surface area (Å²) in [5.74, 6) is -0.611. The molecule has 0 aromatic heterocycles. The molecule has 2 aliphatic rings. The molecule has 0 saturated heterocycles. The van der Waals surface area contributed by atoms with Crippen LogP contribution >= 0.6 is 35.5 Å². The minimum Gasteiger partial charge on any atom is -0.456 e. The Morgan fingerprint density at radius 1 is 1.30 bits per heavy atom. The predicted molar refractivity (Wildman–Crippen MR) is 168 cm³/mol. The number of rotatable bonds is 12. The molecule has 0 spiro atoms. The zero-order valence-corrected chi connectivity index (χ0v) is 26.4. The van der Waals surface area contributed by atoms with E-state index < -0.39 is 23.7 Å². The smallest absolute Gasteiger partial charge is 0.329 e. The van der Waals surface area contributed by atoms with Crippen LogP contribution in [-0.4, -0.2) is 63.9 Å². The van der Waals surface area contributed by atoms with Crippen molar-refractivity contribution in [1.82, 2.24) is 10.0 Å². The monoisotopic (exact) mass is 610 g/mol. The summed E-state index contributed by atoms with van der Waals surface area (Å²) < 4.78 is 8.43. The fourth-order valence-electron chi connectivity index (χ4n) is 3.88. The zero-order valence-electron chi connectivity index (χ0n) is 23.9. The molecule has 0 radical (unpaired) electrons. The third-order valence-corrected chi connectivity index (χ3v) is 9.24. The van der Waals surface area contributed by atoms with E-state index in [9.17, 15) is 19.2 Å². The molecule has 0 saturated carbocycles. The van der Waals surface area contributed by atoms with E-state index in [1.807, 2.05) is 19.9 Å². The van der Waals surface area contributed by atoms with Crippen LogP contribution in [0.1, 0.15) is 79.1 Å². The van der Waals surface area contributed by atoms with Crippen molar-refractivity contribution < 1.29 is 23.9 Å². The van der Waals surface area contributed by atoms with Crippen LogP contribution in [0.2, 0.25) is 0 Å². The average Bonchev–Trinajstić information content (AvgIpc) is 3.31. The maximum absolute atomic E-state index is 13.2. The summed E-state index contributed by atoms with van der Waals surface area (Å²) in [7, 11) is 0. The number of nitrogens with one attached hydrogen (secondary N) is 2. The fraction of sp³-hybridized carbons (Fsp3) is 0.643. The number of amides is 2. The van der Waals surface area contributed by atoms with Crippen molar-refractivity contribution in [2.24, 2.45) is 15.9 Å². The summed E-state index contributed by atoms with van der Waals surface area (Å²) in [6.45, 7) is 11.1. The van der Waals surface area contributed by atoms with E-state index in [4.69, 9.17) is 4.74 Å². The van der Waals surface area contributed by atoms with Crippen LogP contribution in [0, 0.1) is 5.92 Å². The van der Waals surface area contributed by atoms with Crippen LogP contribution in [0.15, 0.2) is 33.2 Å². The predicted octanol–water partition coefficient (Wildman–Crippen LogP) is 5.22. The number of unbranched alkanes of at least 4 members (excludes halogenated alkanes) is 4. The van der Waals surface area contributed by atoms with Gasteiger partial charge in [0.05, 0.1) is 6.42 Å². The molecule has 0 aliphatic carbocycles. The lowest BCUT2D eigenvalue weighted by molar-refractivity contribution is -0.153. The van der Waals surface area contributed by atoms with E-state index in [-0.39, 0.29) is 29.3 Å². The molecule has 0 aromatic rings. The Bertz CT molecular complexity index is 1010. The van der Waals surface area contributed by atoms with Crippen molar-refractivity contribution >= 4 is 70.1 Å². The summed E-state index contributed by atoms with van der Waals surface area (Å²) in [5, 5.41) is 5.16. The SMILES string of the molecule is C=N/C1=C\SNC(=O)C[C@@H](/C=C/CCSC(=O)CCCCCCC)OC(=O)C(C(C)C)NC(=O)[C@]2(C)CSC1=N2. The lowest BCUT2D eigenvalue weighted by Crippen LogP contribution is -2.53. The number of carbonyl (C=O) groups is 4. The molecule has 2 heterocycles. The number of fused-ring (bicyclic) bond motifs is 1. The van der Waals surface area contributed by atoms with E-state index in [1.165, 1.54) is 42.8 Å². The molecule has 1 unspecified atom stereocenters. The second kappa shape index (κ2) is 17.7. The first-order valence-corrected chi connectivity index (χ1v) is 16.6. The van der Waals surface area contributed by atoms with Gasteiger partial charge in [0.1, 0.15) is 28.4 Å². The molecule has 2 rings (SSSR count). The molecule has 40 heavy (non-hydrogen) atoms. The van der Waals surface area contributed by atoms with Crippen LogP contribution in [0.5, 0.6) is 0 Å². The molecule has 2 bridgehead atoms. The third-order valence-electron chi connectivity index (χ3n) is 6.30. The standard InChI is InChI=1S/C28H42N4O5S3/c1-6-7-8-9-10-14-23(34)38-15-12-11-13-20-16-22(33)32-40-17-21(29-5)25-31-28(4,18-39-25)27(36)30-24(19(2)3)26(35)37-20/h11,13,17,19-20,24H,5-10,12,14-16,18H2,1-4H3,(H,30,36)(H,32,33)/b13-11+,21-17-/t20-,24?,28+/m1/s1. The summed E-state index contributed by atoms with van der Waals surface area (Å²) in [6, 6.07) is -0.912. The molecule has 0 fully saturated rings. The Hall–Kier alpha value is -2.05. The number of ether oxygens (including phenoxy) is 1. The zero-order chi connectivity index (χ0) is 29.5. The first-order chi connectivity index (χ1) is 19.1. The normalized spacial score (nSPS) is 25.8. The molecule has 12 heteroatoms. The van der Waals surface area contributed by atoms with Gasteiger partial charge in [-0.05, 0) is 50.4 Å². The highest BCUT2D eigenvalue weighted by molar-refractivity contribution is 8.15. The summed E-state index contributed by atoms with van der Waals surface area (Å²) >= 11 is 3.69. The largest absolute Gasteiger partial charge is 0.456 e. The number of thioether (sulfide) groups is 2. The average molecular weight is 611 g/mol. The van der Waals surface area contributed by atoms with Crippen LogP contribution in [0.3, 0.4) is 0 Å². The minimum absolute atomic E-state index is 0.101. The topological polar surface area (TPSA) is 126 Å². The van der Waals surface area contributed by atoms with Gasteiger partial charge in [0.2, 0.25) is 11.8 Å². The molecular weight excluding hydrogens is 569 g/mol. The quantitative estimate of drug-likeness (QED) is 0.101. The second-order valence-electron chi connectivity index (χ2n) is 10.3. The lowest BCUT2D eigenvalue weighted by atomic mass is 10.0. The van der Waals surface area contributed by atoms with E-state index >= 15 is 0 Å². The second-order valence-corrected chi connectivity index (χ2v) is 13.1. The van der Waals surface area contributed by atoms with Crippen molar-refractivity contribution in [3.8, 4) is 0 Å². The molecule has 2 N–H and O–H groups in total. The highest BCUT2D eigenvalue weighted by Crippen LogP contribution is 2.32. The van der Waals surface area contributed by atoms with Gasteiger partial charge in [-0.1, -0.05) is 64.3 Å². The molecule has 2 amide bonds. The first kappa shape index (κ1) is 34.2. The number of hydrogen-bond donors (Lipinski definition) is 2. The summed E-state index contributed by atoms with van der Waals surface area (Å²) in [6.07, 6.45) is 9.29. The van der Waals surface area contributed by atoms with Crippen molar-refractivity contribution in [1.29, 1.82) is 0 Å². The maximum Gasteiger partial charge on any atom is 0.329 e. The Labute approximate surface area is 250 Å². The maximum atomic E-state index is 13.2. The van der Waals surface area contributed by atoms with Crippen LogP contribution < -0.4 is 10.0 Å². The van der Waals surface area contributed by atoms with Gasteiger partial charge in [0.15, 0.2) is 5.12 Å². The van der Waals surface area contributed by atoms with Gasteiger partial charge in [-0.3, -0.25) is 29.1 Å². The Morgan fingerprint density at radius 3 is 2.75 bits per heavy atom. The van der Waals surface area contributed by atoms with Gasteiger partial charge >= 0.3 is 5.97 Å². The van der Waals surface area contributed by atoms with Gasteiger partial charge in [-0.2, -0.15) is 0 Å². The van der Waals surface area contributed by atoms with Gasteiger partial charge in [-0.25, -0.2) is 4.79 Å². The molecule has 3 atom stereocenters. The molecule has 2 aliphatic heterocycles. The van der Waals surface area contributed by atoms with Crippen molar-refractivity contribution in [2.45, 2.75) is 96.7 Å². The highest BCUT2D eigenvalue weighted by atomic mass is 32.2. The number of esters is 1. The number of cyclic esters (lactones) is 1. The Morgan fingerprint density at radius 2 is 2.05 bits per heavy atom. The van der Waals surface area contributed by atoms with Crippen molar-refractivity contribution in [3.05, 3.63) is 23.3 Å². The number of allylic oxidation sites excluding steroid dienone is 1. The van der Waals surface area contributed by atoms with Gasteiger partial charge < -0.3 is 10.1 Å². The van der Waals surface area contributed by atoms with Crippen LogP contribution in [0.4, 0.5) is 0 Å². The van der Waals surface area contributed by atoms with Crippen molar-refractivity contribution in [2.75, 3.05) is 11.5 Å². The van der Waals surface area contributed by atoms with Crippen molar-refractivity contribution in [3.63, 3.8) is 0 Å². The lowest BCUT2D eigenvalue weighted by Gasteiger charge is -2.27. The summed E-state index contributed by atoms with van der Waals surface area (Å²) in [5.41, 5.74) is -0.631.